The van der Waals surface area contributed by atoms with Gasteiger partial charge in [0.2, 0.25) is 0 Å². The predicted molar refractivity (Wildman–Crippen MR) is 56.5 cm³/mol. The molecule has 0 aliphatic carbocycles. The van der Waals surface area contributed by atoms with E-state index < -0.39 is 0 Å². The number of hydrogen-bond donors (Lipinski definition) is 1. The summed E-state index contributed by atoms with van der Waals surface area (Å²) in [4.78, 5) is 8.66. The Kier molecular flexibility index (Phi) is 1.92. The third-order valence-electron chi connectivity index (χ3n) is 2.93. The fourth-order valence-corrected chi connectivity index (χ4v) is 2.17. The first-order valence-corrected chi connectivity index (χ1v) is 5.20. The monoisotopic (exact) mass is 203 g/mol. The Hall–Kier alpha value is -1.49. The van der Waals surface area contributed by atoms with Crippen LogP contribution in [-0.2, 0) is 7.05 Å². The number of rotatable bonds is 1. The van der Waals surface area contributed by atoms with Crippen molar-refractivity contribution in [2.45, 2.75) is 12.3 Å². The summed E-state index contributed by atoms with van der Waals surface area (Å²) in [6.45, 7) is 2.08. The van der Waals surface area contributed by atoms with Gasteiger partial charge in [-0.25, -0.2) is 14.6 Å². The molecule has 1 fully saturated rings. The summed E-state index contributed by atoms with van der Waals surface area (Å²) >= 11 is 0. The lowest BCUT2D eigenvalue weighted by Crippen LogP contribution is -2.08. The van der Waals surface area contributed by atoms with Crippen LogP contribution in [0.2, 0.25) is 0 Å². The maximum Gasteiger partial charge on any atom is 0.176 e. The van der Waals surface area contributed by atoms with E-state index in [1.807, 2.05) is 11.7 Å². The molecule has 0 spiro atoms. The van der Waals surface area contributed by atoms with Gasteiger partial charge in [0.05, 0.1) is 5.69 Å². The van der Waals surface area contributed by atoms with Crippen LogP contribution < -0.4 is 5.32 Å². The van der Waals surface area contributed by atoms with Crippen molar-refractivity contribution in [2.75, 3.05) is 13.1 Å². The molecule has 0 radical (unpaired) electrons. The summed E-state index contributed by atoms with van der Waals surface area (Å²) in [5.41, 5.74) is 2.92. The molecular weight excluding hydrogens is 190 g/mol. The largest absolute Gasteiger partial charge is 0.316 e. The van der Waals surface area contributed by atoms with E-state index >= 15 is 0 Å². The van der Waals surface area contributed by atoms with Gasteiger partial charge in [0.25, 0.3) is 0 Å². The van der Waals surface area contributed by atoms with E-state index in [0.717, 1.165) is 36.4 Å². The van der Waals surface area contributed by atoms with Gasteiger partial charge in [0.1, 0.15) is 5.52 Å². The Morgan fingerprint density at radius 1 is 1.40 bits per heavy atom. The molecule has 1 aliphatic heterocycles. The Balaban J connectivity index is 2.17. The Morgan fingerprint density at radius 2 is 2.27 bits per heavy atom. The zero-order valence-electron chi connectivity index (χ0n) is 8.64. The van der Waals surface area contributed by atoms with E-state index in [0.29, 0.717) is 5.92 Å². The number of nitrogens with zero attached hydrogens (tertiary/aromatic N) is 4. The highest BCUT2D eigenvalue weighted by Gasteiger charge is 2.23. The standard InChI is InChI=1S/C10H13N5/c1-15-10-9(12-4-5-13-10)8(14-15)7-2-3-11-6-7/h4-5,7,11H,2-3,6H2,1H3/t7-/m1/s1. The molecule has 3 heterocycles. The van der Waals surface area contributed by atoms with Crippen molar-refractivity contribution in [3.8, 4) is 0 Å². The minimum atomic E-state index is 0.491. The maximum atomic E-state index is 4.52. The molecule has 0 bridgehead atoms. The molecule has 0 unspecified atom stereocenters. The van der Waals surface area contributed by atoms with Crippen LogP contribution in [0.4, 0.5) is 0 Å². The summed E-state index contributed by atoms with van der Waals surface area (Å²) in [5.74, 6) is 0.491. The van der Waals surface area contributed by atoms with Crippen LogP contribution in [0.3, 0.4) is 0 Å². The number of aryl methyl sites for hydroxylation is 1. The third-order valence-corrected chi connectivity index (χ3v) is 2.93. The number of hydrogen-bond acceptors (Lipinski definition) is 4. The van der Waals surface area contributed by atoms with Crippen molar-refractivity contribution < 1.29 is 0 Å². The van der Waals surface area contributed by atoms with Gasteiger partial charge in [-0.05, 0) is 13.0 Å². The van der Waals surface area contributed by atoms with Crippen molar-refractivity contribution in [1.29, 1.82) is 0 Å². The van der Waals surface area contributed by atoms with E-state index in [4.69, 9.17) is 0 Å². The summed E-state index contributed by atoms with van der Waals surface area (Å²) in [7, 11) is 1.92. The minimum Gasteiger partial charge on any atom is -0.316 e. The van der Waals surface area contributed by atoms with Gasteiger partial charge in [-0.15, -0.1) is 0 Å². The second-order valence-electron chi connectivity index (χ2n) is 3.93. The van der Waals surface area contributed by atoms with Crippen LogP contribution in [0.5, 0.6) is 0 Å². The van der Waals surface area contributed by atoms with Gasteiger partial charge in [-0.3, -0.25) is 0 Å². The first-order chi connectivity index (χ1) is 7.36. The van der Waals surface area contributed by atoms with E-state index in [1.165, 1.54) is 0 Å². The topological polar surface area (TPSA) is 55.6 Å². The van der Waals surface area contributed by atoms with Gasteiger partial charge >= 0.3 is 0 Å². The molecule has 1 atom stereocenters. The zero-order valence-corrected chi connectivity index (χ0v) is 8.64. The lowest BCUT2D eigenvalue weighted by Gasteiger charge is -2.02. The van der Waals surface area contributed by atoms with Gasteiger partial charge in [-0.1, -0.05) is 0 Å². The SMILES string of the molecule is Cn1nc([C@@H]2CCNC2)c2nccnc21. The van der Waals surface area contributed by atoms with Gasteiger partial charge < -0.3 is 5.32 Å². The highest BCUT2D eigenvalue weighted by molar-refractivity contribution is 5.73. The van der Waals surface area contributed by atoms with E-state index in [-0.39, 0.29) is 0 Å². The highest BCUT2D eigenvalue weighted by Crippen LogP contribution is 2.25. The van der Waals surface area contributed by atoms with Gasteiger partial charge in [0.15, 0.2) is 5.65 Å². The van der Waals surface area contributed by atoms with Crippen LogP contribution >= 0.6 is 0 Å². The fraction of sp³-hybridized carbons (Fsp3) is 0.500. The van der Waals surface area contributed by atoms with Crippen LogP contribution in [-0.4, -0.2) is 32.8 Å². The summed E-state index contributed by atoms with van der Waals surface area (Å²) in [5, 5.41) is 7.87. The second-order valence-corrected chi connectivity index (χ2v) is 3.93. The number of aromatic nitrogens is 4. The molecule has 0 saturated carbocycles. The molecule has 0 amide bonds. The van der Waals surface area contributed by atoms with E-state index in [2.05, 4.69) is 20.4 Å². The summed E-state index contributed by atoms with van der Waals surface area (Å²) < 4.78 is 1.82. The van der Waals surface area contributed by atoms with Crippen LogP contribution in [0.1, 0.15) is 18.0 Å². The van der Waals surface area contributed by atoms with Crippen LogP contribution in [0, 0.1) is 0 Å². The number of nitrogens with one attached hydrogen (secondary N) is 1. The molecular formula is C10H13N5. The average molecular weight is 203 g/mol. The number of fused-ring (bicyclic) bond motifs is 1. The molecule has 2 aromatic heterocycles. The molecule has 3 rings (SSSR count). The molecule has 78 valence electrons. The maximum absolute atomic E-state index is 4.52. The Bertz CT molecular complexity index is 484. The lowest BCUT2D eigenvalue weighted by atomic mass is 10.0. The van der Waals surface area contributed by atoms with Crippen molar-refractivity contribution >= 4 is 11.2 Å². The first kappa shape index (κ1) is 8.79. The normalized spacial score (nSPS) is 21.3. The molecule has 15 heavy (non-hydrogen) atoms. The van der Waals surface area contributed by atoms with Gasteiger partial charge in [-0.2, -0.15) is 5.10 Å². The molecule has 0 aromatic carbocycles. The quantitative estimate of drug-likeness (QED) is 0.730. The van der Waals surface area contributed by atoms with Crippen molar-refractivity contribution in [1.82, 2.24) is 25.1 Å². The van der Waals surface area contributed by atoms with Crippen LogP contribution in [0.25, 0.3) is 11.2 Å². The van der Waals surface area contributed by atoms with E-state index in [9.17, 15) is 0 Å². The molecule has 1 aliphatic rings. The van der Waals surface area contributed by atoms with Crippen LogP contribution in [0.15, 0.2) is 12.4 Å². The van der Waals surface area contributed by atoms with Crippen molar-refractivity contribution in [3.63, 3.8) is 0 Å². The summed E-state index contributed by atoms with van der Waals surface area (Å²) in [6, 6.07) is 0. The molecule has 5 nitrogen and oxygen atoms in total. The first-order valence-electron chi connectivity index (χ1n) is 5.20. The third kappa shape index (κ3) is 1.31. The highest BCUT2D eigenvalue weighted by atomic mass is 15.3. The molecule has 2 aromatic rings. The Morgan fingerprint density at radius 3 is 3.07 bits per heavy atom. The average Bonchev–Trinajstić information content (AvgIpc) is 2.87. The van der Waals surface area contributed by atoms with Gasteiger partial charge in [0, 0.05) is 31.9 Å². The second kappa shape index (κ2) is 3.27. The minimum absolute atomic E-state index is 0.491. The lowest BCUT2D eigenvalue weighted by molar-refractivity contribution is 0.687. The molecule has 1 N–H and O–H groups in total. The van der Waals surface area contributed by atoms with E-state index in [1.54, 1.807) is 12.4 Å². The smallest absolute Gasteiger partial charge is 0.176 e. The molecule has 1 saturated heterocycles. The Labute approximate surface area is 87.5 Å². The molecule has 5 heteroatoms. The fourth-order valence-electron chi connectivity index (χ4n) is 2.17. The zero-order chi connectivity index (χ0) is 10.3. The predicted octanol–water partition coefficient (Wildman–Crippen LogP) is 0.440. The van der Waals surface area contributed by atoms with Crippen molar-refractivity contribution in [3.05, 3.63) is 18.1 Å². The summed E-state index contributed by atoms with van der Waals surface area (Å²) in [6.07, 6.45) is 4.58. The van der Waals surface area contributed by atoms with Crippen molar-refractivity contribution in [2.24, 2.45) is 7.05 Å².